The van der Waals surface area contributed by atoms with Gasteiger partial charge in [-0.3, -0.25) is 4.79 Å². The second kappa shape index (κ2) is 8.42. The summed E-state index contributed by atoms with van der Waals surface area (Å²) in [6.07, 6.45) is 0.120. The van der Waals surface area contributed by atoms with Gasteiger partial charge in [-0.2, -0.15) is 4.99 Å². The van der Waals surface area contributed by atoms with E-state index in [4.69, 9.17) is 27.9 Å². The molecule has 2 aliphatic rings. The van der Waals surface area contributed by atoms with Gasteiger partial charge < -0.3 is 9.64 Å². The highest BCUT2D eigenvalue weighted by atomic mass is 35.5. The molecule has 2 atom stereocenters. The number of benzene rings is 2. The van der Waals surface area contributed by atoms with Crippen molar-refractivity contribution in [3.05, 3.63) is 58.1 Å². The maximum absolute atomic E-state index is 12.7. The number of thioether (sulfide) groups is 1. The van der Waals surface area contributed by atoms with E-state index in [9.17, 15) is 13.2 Å². The van der Waals surface area contributed by atoms with E-state index in [1.54, 1.807) is 47.4 Å². The zero-order valence-corrected chi connectivity index (χ0v) is 19.1. The molecule has 158 valence electrons. The number of carbonyl (C=O) groups excluding carboxylic acids is 1. The Labute approximate surface area is 189 Å². The van der Waals surface area contributed by atoms with Gasteiger partial charge in [0.1, 0.15) is 5.75 Å². The Kier molecular flexibility index (Phi) is 6.03. The molecule has 2 aromatic carbocycles. The molecule has 30 heavy (non-hydrogen) atoms. The van der Waals surface area contributed by atoms with E-state index in [1.807, 2.05) is 0 Å². The first-order valence-corrected chi connectivity index (χ1v) is 12.6. The monoisotopic (exact) mass is 484 g/mol. The van der Waals surface area contributed by atoms with E-state index >= 15 is 0 Å². The lowest BCUT2D eigenvalue weighted by Crippen LogP contribution is -2.38. The van der Waals surface area contributed by atoms with Crippen LogP contribution in [0.2, 0.25) is 10.0 Å². The molecule has 2 aliphatic heterocycles. The average molecular weight is 485 g/mol. The molecule has 2 heterocycles. The van der Waals surface area contributed by atoms with E-state index in [0.717, 1.165) is 5.56 Å². The van der Waals surface area contributed by atoms with E-state index in [2.05, 4.69) is 4.99 Å². The van der Waals surface area contributed by atoms with Crippen molar-refractivity contribution in [1.82, 2.24) is 0 Å². The molecule has 0 unspecified atom stereocenters. The fourth-order valence-electron chi connectivity index (χ4n) is 3.62. The summed E-state index contributed by atoms with van der Waals surface area (Å²) in [5.41, 5.74) is 1.39. The lowest BCUT2D eigenvalue weighted by Gasteiger charge is -2.26. The summed E-state index contributed by atoms with van der Waals surface area (Å²) >= 11 is 13.4. The van der Waals surface area contributed by atoms with Gasteiger partial charge in [-0.1, -0.05) is 47.1 Å². The number of sulfone groups is 1. The van der Waals surface area contributed by atoms with Crippen molar-refractivity contribution in [1.29, 1.82) is 0 Å². The van der Waals surface area contributed by atoms with Crippen LogP contribution in [0.1, 0.15) is 5.56 Å². The maximum atomic E-state index is 12.7. The minimum atomic E-state index is -3.17. The van der Waals surface area contributed by atoms with Crippen LogP contribution >= 0.6 is 35.0 Å². The Morgan fingerprint density at radius 1 is 1.17 bits per heavy atom. The number of hydrogen-bond donors (Lipinski definition) is 0. The maximum Gasteiger partial charge on any atom is 0.252 e. The first-order valence-electron chi connectivity index (χ1n) is 9.11. The van der Waals surface area contributed by atoms with Gasteiger partial charge >= 0.3 is 0 Å². The molecule has 0 bridgehead atoms. The van der Waals surface area contributed by atoms with Crippen molar-refractivity contribution in [3.8, 4) is 5.75 Å². The summed E-state index contributed by atoms with van der Waals surface area (Å²) in [7, 11) is -1.64. The number of methoxy groups -OCH3 is 1. The molecule has 2 aromatic rings. The molecule has 10 heteroatoms. The molecule has 4 rings (SSSR count). The lowest BCUT2D eigenvalue weighted by molar-refractivity contribution is -0.117. The quantitative estimate of drug-likeness (QED) is 0.655. The van der Waals surface area contributed by atoms with Gasteiger partial charge in [0, 0.05) is 15.3 Å². The topological polar surface area (TPSA) is 76.0 Å². The number of anilines is 1. The highest BCUT2D eigenvalue weighted by Gasteiger charge is 2.50. The van der Waals surface area contributed by atoms with E-state index in [1.165, 1.54) is 18.9 Å². The molecule has 0 aliphatic carbocycles. The van der Waals surface area contributed by atoms with Gasteiger partial charge in [0.25, 0.3) is 5.91 Å². The summed E-state index contributed by atoms with van der Waals surface area (Å²) < 4.78 is 29.9. The average Bonchev–Trinajstić information content (AvgIpc) is 3.14. The predicted molar refractivity (Wildman–Crippen MR) is 122 cm³/mol. The molecule has 6 nitrogen and oxygen atoms in total. The summed E-state index contributed by atoms with van der Waals surface area (Å²) in [5.74, 6) is 0.244. The van der Waals surface area contributed by atoms with Gasteiger partial charge in [-0.05, 0) is 35.9 Å². The molecule has 2 fully saturated rings. The number of aliphatic imine (C=N–C) groups is 1. The molecule has 0 spiro atoms. The molecule has 0 N–H and O–H groups in total. The third-order valence-electron chi connectivity index (χ3n) is 4.96. The fourth-order valence-corrected chi connectivity index (χ4v) is 7.84. The van der Waals surface area contributed by atoms with Crippen LogP contribution in [0.3, 0.4) is 0 Å². The van der Waals surface area contributed by atoms with Gasteiger partial charge in [0.05, 0.1) is 36.8 Å². The van der Waals surface area contributed by atoms with Crippen molar-refractivity contribution in [2.45, 2.75) is 17.7 Å². The Morgan fingerprint density at radius 2 is 1.87 bits per heavy atom. The number of hydrogen-bond acceptors (Lipinski definition) is 5. The third-order valence-corrected chi connectivity index (χ3v) is 8.65. The Balaban J connectivity index is 1.69. The van der Waals surface area contributed by atoms with E-state index in [0.29, 0.717) is 26.6 Å². The molecule has 0 radical (unpaired) electrons. The number of amides is 1. The lowest BCUT2D eigenvalue weighted by atomic mass is 10.1. The standard InChI is InChI=1S/C20H18Cl2N2O4S2/c1-28-17-7-6-14(22)9-15(17)24-16-10-30(26,27)11-18(16)29-20(24)23-19(25)8-12-2-4-13(21)5-3-12/h2-7,9,16,18H,8,10-11H2,1H3/t16-,18-/m1/s1. The number of ether oxygens (including phenoxy) is 1. The largest absolute Gasteiger partial charge is 0.495 e. The van der Waals surface area contributed by atoms with E-state index in [-0.39, 0.29) is 35.1 Å². The van der Waals surface area contributed by atoms with Crippen molar-refractivity contribution in [3.63, 3.8) is 0 Å². The summed E-state index contributed by atoms with van der Waals surface area (Å²) in [6, 6.07) is 11.8. The molecule has 2 saturated heterocycles. The number of nitrogens with zero attached hydrogens (tertiary/aromatic N) is 2. The van der Waals surface area contributed by atoms with Gasteiger partial charge in [0.15, 0.2) is 15.0 Å². The van der Waals surface area contributed by atoms with Crippen molar-refractivity contribution in [2.24, 2.45) is 4.99 Å². The van der Waals surface area contributed by atoms with Crippen LogP contribution in [0.4, 0.5) is 5.69 Å². The second-order valence-corrected chi connectivity index (χ2v) is 11.3. The van der Waals surface area contributed by atoms with Crippen LogP contribution in [-0.4, -0.2) is 49.4 Å². The minimum absolute atomic E-state index is 0.00920. The van der Waals surface area contributed by atoms with Crippen LogP contribution < -0.4 is 9.64 Å². The molecular formula is C20H18Cl2N2O4S2. The molecule has 0 saturated carbocycles. The zero-order valence-electron chi connectivity index (χ0n) is 15.9. The minimum Gasteiger partial charge on any atom is -0.495 e. The second-order valence-electron chi connectivity index (χ2n) is 7.08. The first kappa shape index (κ1) is 21.5. The van der Waals surface area contributed by atoms with Crippen LogP contribution in [0, 0.1) is 0 Å². The normalized spacial score (nSPS) is 23.6. The molecular weight excluding hydrogens is 467 g/mol. The predicted octanol–water partition coefficient (Wildman–Crippen LogP) is 3.85. The van der Waals surface area contributed by atoms with Crippen molar-refractivity contribution < 1.29 is 17.9 Å². The third kappa shape index (κ3) is 4.46. The highest BCUT2D eigenvalue weighted by molar-refractivity contribution is 8.16. The fraction of sp³-hybridized carbons (Fsp3) is 0.300. The summed E-state index contributed by atoms with van der Waals surface area (Å²) in [4.78, 5) is 18.8. The van der Waals surface area contributed by atoms with Gasteiger partial charge in [-0.15, -0.1) is 0 Å². The Bertz CT molecular complexity index is 1120. The van der Waals surface area contributed by atoms with Gasteiger partial charge in [0.2, 0.25) is 0 Å². The number of halogens is 2. The van der Waals surface area contributed by atoms with Crippen LogP contribution in [0.15, 0.2) is 47.5 Å². The van der Waals surface area contributed by atoms with Crippen molar-refractivity contribution >= 4 is 61.6 Å². The van der Waals surface area contributed by atoms with Gasteiger partial charge in [-0.25, -0.2) is 8.42 Å². The SMILES string of the molecule is COc1ccc(Cl)cc1N1C(=NC(=O)Cc2ccc(Cl)cc2)S[C@@H]2CS(=O)(=O)C[C@H]21. The summed E-state index contributed by atoms with van der Waals surface area (Å²) in [5, 5.41) is 1.32. The highest BCUT2D eigenvalue weighted by Crippen LogP contribution is 2.44. The molecule has 0 aromatic heterocycles. The Hall–Kier alpha value is -1.74. The van der Waals surface area contributed by atoms with Crippen LogP contribution in [-0.2, 0) is 21.1 Å². The number of fused-ring (bicyclic) bond motifs is 1. The first-order chi connectivity index (χ1) is 14.3. The van der Waals surface area contributed by atoms with E-state index < -0.39 is 9.84 Å². The number of amidine groups is 1. The van der Waals surface area contributed by atoms with Crippen LogP contribution in [0.25, 0.3) is 0 Å². The Morgan fingerprint density at radius 3 is 2.57 bits per heavy atom. The summed E-state index contributed by atoms with van der Waals surface area (Å²) in [6.45, 7) is 0. The zero-order chi connectivity index (χ0) is 21.5. The van der Waals surface area contributed by atoms with Crippen molar-refractivity contribution in [2.75, 3.05) is 23.5 Å². The molecule has 1 amide bonds. The smallest absolute Gasteiger partial charge is 0.252 e. The van der Waals surface area contributed by atoms with Crippen LogP contribution in [0.5, 0.6) is 5.75 Å². The number of rotatable bonds is 4. The number of carbonyl (C=O) groups is 1.